The van der Waals surface area contributed by atoms with Crippen molar-refractivity contribution in [3.63, 3.8) is 0 Å². The van der Waals surface area contributed by atoms with E-state index in [0.29, 0.717) is 11.1 Å². The molecule has 2 aromatic rings. The standard InChI is InChI=1S/C16H11BrFNO/c1-19-15-5-3-2-4-12(15)13(16(19)20)9-10-8-11(17)6-7-14(10)18/h2-9H,1H3/b13-9+. The van der Waals surface area contributed by atoms with Gasteiger partial charge in [0.25, 0.3) is 5.91 Å². The van der Waals surface area contributed by atoms with Gasteiger partial charge in [0.05, 0.1) is 5.69 Å². The van der Waals surface area contributed by atoms with E-state index in [9.17, 15) is 9.18 Å². The van der Waals surface area contributed by atoms with Crippen molar-refractivity contribution in [2.24, 2.45) is 0 Å². The Morgan fingerprint density at radius 3 is 2.75 bits per heavy atom. The second kappa shape index (κ2) is 4.87. The maximum atomic E-state index is 13.8. The molecule has 0 saturated heterocycles. The number of hydrogen-bond donors (Lipinski definition) is 0. The lowest BCUT2D eigenvalue weighted by molar-refractivity contribution is -0.112. The van der Waals surface area contributed by atoms with Crippen LogP contribution < -0.4 is 4.90 Å². The molecular weight excluding hydrogens is 321 g/mol. The van der Waals surface area contributed by atoms with E-state index in [2.05, 4.69) is 15.9 Å². The number of rotatable bonds is 1. The molecule has 0 N–H and O–H groups in total. The number of fused-ring (bicyclic) bond motifs is 1. The molecule has 2 nitrogen and oxygen atoms in total. The number of carbonyl (C=O) groups is 1. The van der Waals surface area contributed by atoms with E-state index >= 15 is 0 Å². The summed E-state index contributed by atoms with van der Waals surface area (Å²) in [5.41, 5.74) is 2.59. The molecule has 0 aliphatic carbocycles. The molecule has 1 aliphatic heterocycles. The number of benzene rings is 2. The van der Waals surface area contributed by atoms with Crippen LogP contribution in [0.15, 0.2) is 46.9 Å². The van der Waals surface area contributed by atoms with Gasteiger partial charge in [-0.15, -0.1) is 0 Å². The maximum absolute atomic E-state index is 13.8. The van der Waals surface area contributed by atoms with Crippen molar-refractivity contribution >= 4 is 39.2 Å². The Labute approximate surface area is 124 Å². The fourth-order valence-electron chi connectivity index (χ4n) is 2.32. The third-order valence-electron chi connectivity index (χ3n) is 3.35. The molecule has 0 bridgehead atoms. The van der Waals surface area contributed by atoms with Crippen molar-refractivity contribution in [1.82, 2.24) is 0 Å². The second-order valence-corrected chi connectivity index (χ2v) is 5.52. The molecule has 0 spiro atoms. The lowest BCUT2D eigenvalue weighted by atomic mass is 10.0. The van der Waals surface area contributed by atoms with E-state index in [0.717, 1.165) is 15.7 Å². The van der Waals surface area contributed by atoms with Gasteiger partial charge in [0.2, 0.25) is 0 Å². The first kappa shape index (κ1) is 13.1. The predicted molar refractivity (Wildman–Crippen MR) is 81.8 cm³/mol. The van der Waals surface area contributed by atoms with Gasteiger partial charge < -0.3 is 4.90 Å². The first-order valence-electron chi connectivity index (χ1n) is 6.12. The molecule has 0 unspecified atom stereocenters. The summed E-state index contributed by atoms with van der Waals surface area (Å²) in [6.45, 7) is 0. The van der Waals surface area contributed by atoms with Gasteiger partial charge in [0.15, 0.2) is 0 Å². The third-order valence-corrected chi connectivity index (χ3v) is 3.84. The molecule has 1 amide bonds. The molecule has 0 fully saturated rings. The fourth-order valence-corrected chi connectivity index (χ4v) is 2.70. The average molecular weight is 332 g/mol. The van der Waals surface area contributed by atoms with Crippen LogP contribution in [0.3, 0.4) is 0 Å². The van der Waals surface area contributed by atoms with Gasteiger partial charge in [-0.1, -0.05) is 34.1 Å². The van der Waals surface area contributed by atoms with E-state index in [1.54, 1.807) is 30.2 Å². The molecule has 0 saturated carbocycles. The summed E-state index contributed by atoms with van der Waals surface area (Å²) in [4.78, 5) is 13.9. The van der Waals surface area contributed by atoms with E-state index in [1.807, 2.05) is 24.3 Å². The van der Waals surface area contributed by atoms with Gasteiger partial charge in [-0.2, -0.15) is 0 Å². The highest BCUT2D eigenvalue weighted by Gasteiger charge is 2.29. The normalized spacial score (nSPS) is 15.8. The van der Waals surface area contributed by atoms with Gasteiger partial charge >= 0.3 is 0 Å². The second-order valence-electron chi connectivity index (χ2n) is 4.61. The van der Waals surface area contributed by atoms with Crippen LogP contribution in [0.25, 0.3) is 11.6 Å². The monoisotopic (exact) mass is 331 g/mol. The van der Waals surface area contributed by atoms with Crippen molar-refractivity contribution < 1.29 is 9.18 Å². The average Bonchev–Trinajstić information content (AvgIpc) is 2.68. The number of halogens is 2. The van der Waals surface area contributed by atoms with Crippen LogP contribution in [0.5, 0.6) is 0 Å². The summed E-state index contributed by atoms with van der Waals surface area (Å²) >= 11 is 3.31. The van der Waals surface area contributed by atoms with Crippen LogP contribution in [-0.4, -0.2) is 13.0 Å². The van der Waals surface area contributed by atoms with E-state index in [4.69, 9.17) is 0 Å². The number of anilines is 1. The number of para-hydroxylation sites is 1. The van der Waals surface area contributed by atoms with Crippen molar-refractivity contribution in [2.45, 2.75) is 0 Å². The van der Waals surface area contributed by atoms with Crippen LogP contribution >= 0.6 is 15.9 Å². The van der Waals surface area contributed by atoms with Crippen molar-refractivity contribution in [1.29, 1.82) is 0 Å². The van der Waals surface area contributed by atoms with E-state index < -0.39 is 0 Å². The first-order valence-corrected chi connectivity index (χ1v) is 6.91. The Hall–Kier alpha value is -1.94. The van der Waals surface area contributed by atoms with Crippen LogP contribution in [0, 0.1) is 5.82 Å². The number of nitrogens with zero attached hydrogens (tertiary/aromatic N) is 1. The third kappa shape index (κ3) is 2.06. The van der Waals surface area contributed by atoms with Crippen LogP contribution in [0.2, 0.25) is 0 Å². The van der Waals surface area contributed by atoms with Crippen LogP contribution in [-0.2, 0) is 4.79 Å². The summed E-state index contributed by atoms with van der Waals surface area (Å²) in [5, 5.41) is 0. The molecular formula is C16H11BrFNO. The summed E-state index contributed by atoms with van der Waals surface area (Å²) in [6.07, 6.45) is 1.60. The van der Waals surface area contributed by atoms with Gasteiger partial charge in [0.1, 0.15) is 5.82 Å². The van der Waals surface area contributed by atoms with Crippen molar-refractivity contribution in [3.05, 3.63) is 63.9 Å². The zero-order valence-electron chi connectivity index (χ0n) is 10.7. The number of carbonyl (C=O) groups excluding carboxylic acids is 1. The molecule has 20 heavy (non-hydrogen) atoms. The van der Waals surface area contributed by atoms with Gasteiger partial charge in [-0.25, -0.2) is 4.39 Å². The molecule has 2 aromatic carbocycles. The van der Waals surface area contributed by atoms with Gasteiger partial charge in [-0.3, -0.25) is 4.79 Å². The molecule has 0 radical (unpaired) electrons. The quantitative estimate of drug-likeness (QED) is 0.720. The lowest BCUT2D eigenvalue weighted by Gasteiger charge is -2.08. The summed E-state index contributed by atoms with van der Waals surface area (Å²) in [7, 11) is 1.72. The minimum absolute atomic E-state index is 0.120. The molecule has 100 valence electrons. The lowest BCUT2D eigenvalue weighted by Crippen LogP contribution is -2.20. The van der Waals surface area contributed by atoms with Crippen LogP contribution in [0.1, 0.15) is 11.1 Å². The minimum Gasteiger partial charge on any atom is -0.311 e. The molecule has 1 heterocycles. The topological polar surface area (TPSA) is 20.3 Å². The number of amides is 1. The molecule has 4 heteroatoms. The fraction of sp³-hybridized carbons (Fsp3) is 0.0625. The highest BCUT2D eigenvalue weighted by atomic mass is 79.9. The zero-order chi connectivity index (χ0) is 14.3. The maximum Gasteiger partial charge on any atom is 0.258 e. The van der Waals surface area contributed by atoms with E-state index in [1.165, 1.54) is 6.07 Å². The largest absolute Gasteiger partial charge is 0.311 e. The Morgan fingerprint density at radius 2 is 1.95 bits per heavy atom. The number of hydrogen-bond acceptors (Lipinski definition) is 1. The van der Waals surface area contributed by atoms with Crippen molar-refractivity contribution in [3.8, 4) is 0 Å². The highest BCUT2D eigenvalue weighted by molar-refractivity contribution is 9.10. The Morgan fingerprint density at radius 1 is 1.20 bits per heavy atom. The summed E-state index contributed by atoms with van der Waals surface area (Å²) in [5.74, 6) is -0.467. The number of likely N-dealkylation sites (N-methyl/N-ethyl adjacent to an activating group) is 1. The highest BCUT2D eigenvalue weighted by Crippen LogP contribution is 2.36. The molecule has 3 rings (SSSR count). The van der Waals surface area contributed by atoms with Gasteiger partial charge in [0, 0.05) is 28.2 Å². The minimum atomic E-state index is -0.347. The smallest absolute Gasteiger partial charge is 0.258 e. The molecule has 1 aliphatic rings. The van der Waals surface area contributed by atoms with Gasteiger partial charge in [-0.05, 0) is 30.3 Å². The summed E-state index contributed by atoms with van der Waals surface area (Å²) < 4.78 is 14.6. The molecule has 0 aromatic heterocycles. The molecule has 0 atom stereocenters. The Kier molecular flexibility index (Phi) is 3.18. The Balaban J connectivity index is 2.17. The zero-order valence-corrected chi connectivity index (χ0v) is 12.3. The van der Waals surface area contributed by atoms with Crippen molar-refractivity contribution in [2.75, 3.05) is 11.9 Å². The summed E-state index contributed by atoms with van der Waals surface area (Å²) in [6, 6.07) is 12.2. The van der Waals surface area contributed by atoms with E-state index in [-0.39, 0.29) is 11.7 Å². The predicted octanol–water partition coefficient (Wildman–Crippen LogP) is 4.11. The first-order chi connectivity index (χ1) is 9.58. The Bertz CT molecular complexity index is 739. The van der Waals surface area contributed by atoms with Crippen LogP contribution in [0.4, 0.5) is 10.1 Å². The SMILES string of the molecule is CN1C(=O)/C(=C/c2cc(Br)ccc2F)c2ccccc21.